The maximum absolute atomic E-state index is 13.4. The van der Waals surface area contributed by atoms with Crippen LogP contribution in [0.3, 0.4) is 0 Å². The molecule has 32 heavy (non-hydrogen) atoms. The van der Waals surface area contributed by atoms with Crippen LogP contribution in [0, 0.1) is 11.8 Å². The molecule has 1 aromatic rings. The van der Waals surface area contributed by atoms with Crippen LogP contribution in [0.15, 0.2) is 29.4 Å². The lowest BCUT2D eigenvalue weighted by Gasteiger charge is -2.41. The van der Waals surface area contributed by atoms with Gasteiger partial charge in [0.05, 0.1) is 24.3 Å². The number of rotatable bonds is 4. The summed E-state index contributed by atoms with van der Waals surface area (Å²) in [5.41, 5.74) is 3.06. The summed E-state index contributed by atoms with van der Waals surface area (Å²) in [5, 5.41) is 10.3. The van der Waals surface area contributed by atoms with Crippen molar-refractivity contribution >= 4 is 24.0 Å². The van der Waals surface area contributed by atoms with Gasteiger partial charge in [-0.25, -0.2) is 5.01 Å². The van der Waals surface area contributed by atoms with E-state index in [0.717, 1.165) is 68.0 Å². The van der Waals surface area contributed by atoms with E-state index in [2.05, 4.69) is 37.4 Å². The van der Waals surface area contributed by atoms with Gasteiger partial charge in [-0.2, -0.15) is 5.10 Å². The summed E-state index contributed by atoms with van der Waals surface area (Å²) in [6.45, 7) is 8.71. The number of hydrogen-bond donors (Lipinski definition) is 1. The van der Waals surface area contributed by atoms with Gasteiger partial charge in [0.15, 0.2) is 11.5 Å². The number of halogens is 1. The molecule has 1 N–H and O–H groups in total. The average Bonchev–Trinajstić information content (AvgIpc) is 3.11. The Bertz CT molecular complexity index is 937. The van der Waals surface area contributed by atoms with Crippen LogP contribution in [0.5, 0.6) is 11.5 Å². The molecule has 0 bridgehead atoms. The van der Waals surface area contributed by atoms with Crippen LogP contribution in [0.25, 0.3) is 0 Å². The minimum absolute atomic E-state index is 0. The number of carbonyl (C=O) groups excluding carboxylic acids is 1. The Morgan fingerprint density at radius 3 is 2.62 bits per heavy atom. The first-order chi connectivity index (χ1) is 15.0. The van der Waals surface area contributed by atoms with Gasteiger partial charge in [-0.15, -0.1) is 12.4 Å². The Hall–Kier alpha value is -2.05. The second-order valence-corrected chi connectivity index (χ2v) is 9.70. The third-order valence-corrected chi connectivity index (χ3v) is 6.98. The van der Waals surface area contributed by atoms with Crippen LogP contribution in [0.1, 0.15) is 57.6 Å². The van der Waals surface area contributed by atoms with Crippen LogP contribution < -0.4 is 14.8 Å². The number of allylic oxidation sites excluding steroid dienone is 2. The van der Waals surface area contributed by atoms with Crippen molar-refractivity contribution in [3.63, 3.8) is 0 Å². The fourth-order valence-corrected chi connectivity index (χ4v) is 5.51. The highest BCUT2D eigenvalue weighted by molar-refractivity contribution is 6.08. The van der Waals surface area contributed by atoms with E-state index in [-0.39, 0.29) is 41.8 Å². The Balaban J connectivity index is 0.00000245. The molecule has 0 radical (unpaired) electrons. The molecule has 3 aliphatic heterocycles. The SMILES string of the molecule is CCOc1ccc(C2=NN(C3CCNCC3)C(=O)[C@H]3CC=CC[C@@H]23)c2c1OC(C)(C)C2.Cl. The first-order valence-corrected chi connectivity index (χ1v) is 11.7. The minimum atomic E-state index is -0.282. The topological polar surface area (TPSA) is 63.2 Å². The molecule has 6 nitrogen and oxygen atoms in total. The Morgan fingerprint density at radius 2 is 1.91 bits per heavy atom. The molecule has 1 saturated heterocycles. The lowest BCUT2D eigenvalue weighted by molar-refractivity contribution is -0.141. The molecule has 1 amide bonds. The van der Waals surface area contributed by atoms with Gasteiger partial charge in [-0.05, 0) is 71.7 Å². The number of hydrazone groups is 1. The van der Waals surface area contributed by atoms with Crippen molar-refractivity contribution in [1.82, 2.24) is 10.3 Å². The van der Waals surface area contributed by atoms with Gasteiger partial charge < -0.3 is 14.8 Å². The van der Waals surface area contributed by atoms with Crippen LogP contribution in [0.4, 0.5) is 0 Å². The van der Waals surface area contributed by atoms with Gasteiger partial charge in [-0.1, -0.05) is 12.2 Å². The smallest absolute Gasteiger partial charge is 0.247 e. The van der Waals surface area contributed by atoms with Crippen molar-refractivity contribution in [3.8, 4) is 11.5 Å². The second-order valence-electron chi connectivity index (χ2n) is 9.70. The molecule has 4 aliphatic rings. The number of nitrogens with one attached hydrogen (secondary N) is 1. The highest BCUT2D eigenvalue weighted by atomic mass is 35.5. The number of amides is 1. The van der Waals surface area contributed by atoms with E-state index in [1.807, 2.05) is 18.0 Å². The van der Waals surface area contributed by atoms with Gasteiger partial charge in [0, 0.05) is 23.5 Å². The first-order valence-electron chi connectivity index (χ1n) is 11.7. The summed E-state index contributed by atoms with van der Waals surface area (Å²) in [7, 11) is 0. The van der Waals surface area contributed by atoms with E-state index in [1.165, 1.54) is 5.56 Å². The lowest BCUT2D eigenvalue weighted by Crippen LogP contribution is -2.51. The summed E-state index contributed by atoms with van der Waals surface area (Å²) < 4.78 is 12.2. The van der Waals surface area contributed by atoms with Crippen LogP contribution in [-0.4, -0.2) is 48.0 Å². The van der Waals surface area contributed by atoms with Crippen molar-refractivity contribution in [1.29, 1.82) is 0 Å². The number of piperidine rings is 1. The normalized spacial score (nSPS) is 26.5. The molecule has 0 spiro atoms. The van der Waals surface area contributed by atoms with Crippen LogP contribution in [0.2, 0.25) is 0 Å². The van der Waals surface area contributed by atoms with Gasteiger partial charge in [0.2, 0.25) is 5.91 Å². The largest absolute Gasteiger partial charge is 0.490 e. The maximum atomic E-state index is 13.4. The van der Waals surface area contributed by atoms with E-state index < -0.39 is 0 Å². The van der Waals surface area contributed by atoms with E-state index in [9.17, 15) is 4.79 Å². The van der Waals surface area contributed by atoms with Crippen LogP contribution >= 0.6 is 12.4 Å². The summed E-state index contributed by atoms with van der Waals surface area (Å²) in [5.74, 6) is 1.95. The molecule has 7 heteroatoms. The summed E-state index contributed by atoms with van der Waals surface area (Å²) >= 11 is 0. The fourth-order valence-electron chi connectivity index (χ4n) is 5.51. The zero-order chi connectivity index (χ0) is 21.6. The summed E-state index contributed by atoms with van der Waals surface area (Å²) in [6, 6.07) is 4.33. The molecule has 5 rings (SSSR count). The highest BCUT2D eigenvalue weighted by Gasteiger charge is 2.44. The summed E-state index contributed by atoms with van der Waals surface area (Å²) in [4.78, 5) is 13.4. The molecular weight excluding hydrogens is 426 g/mol. The average molecular weight is 460 g/mol. The zero-order valence-corrected chi connectivity index (χ0v) is 20.0. The third-order valence-electron chi connectivity index (χ3n) is 6.98. The van der Waals surface area contributed by atoms with Crippen molar-refractivity contribution in [2.75, 3.05) is 19.7 Å². The van der Waals surface area contributed by atoms with E-state index in [0.29, 0.717) is 6.61 Å². The van der Waals surface area contributed by atoms with E-state index in [1.54, 1.807) is 0 Å². The first kappa shape index (κ1) is 23.1. The van der Waals surface area contributed by atoms with Gasteiger partial charge in [0.1, 0.15) is 5.60 Å². The van der Waals surface area contributed by atoms with Crippen molar-refractivity contribution in [3.05, 3.63) is 35.4 Å². The number of ether oxygens (including phenoxy) is 2. The third kappa shape index (κ3) is 4.03. The van der Waals surface area contributed by atoms with Gasteiger partial charge in [0.25, 0.3) is 0 Å². The minimum Gasteiger partial charge on any atom is -0.490 e. The summed E-state index contributed by atoms with van der Waals surface area (Å²) in [6.07, 6.45) is 8.75. The number of hydrogen-bond acceptors (Lipinski definition) is 5. The molecule has 3 heterocycles. The maximum Gasteiger partial charge on any atom is 0.247 e. The number of fused-ring (bicyclic) bond motifs is 2. The van der Waals surface area contributed by atoms with Gasteiger partial charge >= 0.3 is 0 Å². The second kappa shape index (κ2) is 9.06. The zero-order valence-electron chi connectivity index (χ0n) is 19.2. The molecule has 1 aromatic carbocycles. The predicted octanol–water partition coefficient (Wildman–Crippen LogP) is 4.10. The standard InChI is InChI=1S/C25H33N3O3.ClH/c1-4-30-21-10-9-18(20-15-25(2,3)31-23(20)21)22-17-7-5-6-8-19(17)24(29)28(27-22)16-11-13-26-14-12-16;/h5-6,9-10,16-17,19,26H,4,7-8,11-15H2,1-3H3;1H/t17-,19+;/m1./s1. The molecule has 1 fully saturated rings. The molecular formula is C25H34ClN3O3. The Labute approximate surface area is 196 Å². The van der Waals surface area contributed by atoms with E-state index in [4.69, 9.17) is 14.6 Å². The highest BCUT2D eigenvalue weighted by Crippen LogP contribution is 2.46. The molecule has 174 valence electrons. The molecule has 2 atom stereocenters. The molecule has 0 saturated carbocycles. The Morgan fingerprint density at radius 1 is 1.19 bits per heavy atom. The lowest BCUT2D eigenvalue weighted by atomic mass is 9.75. The monoisotopic (exact) mass is 459 g/mol. The predicted molar refractivity (Wildman–Crippen MR) is 128 cm³/mol. The van der Waals surface area contributed by atoms with Crippen molar-refractivity contribution in [2.45, 2.75) is 64.5 Å². The van der Waals surface area contributed by atoms with Crippen LogP contribution in [-0.2, 0) is 11.2 Å². The Kier molecular flexibility index (Phi) is 6.55. The van der Waals surface area contributed by atoms with Gasteiger partial charge in [-0.3, -0.25) is 4.79 Å². The number of carbonyl (C=O) groups is 1. The van der Waals surface area contributed by atoms with Crippen molar-refractivity contribution < 1.29 is 14.3 Å². The fraction of sp³-hybridized carbons (Fsp3) is 0.600. The quantitative estimate of drug-likeness (QED) is 0.688. The molecule has 0 aromatic heterocycles. The molecule has 1 aliphatic carbocycles. The number of benzene rings is 1. The number of nitrogens with zero attached hydrogens (tertiary/aromatic N) is 2. The molecule has 0 unspecified atom stereocenters. The van der Waals surface area contributed by atoms with Crippen molar-refractivity contribution in [2.24, 2.45) is 16.9 Å². The van der Waals surface area contributed by atoms with E-state index >= 15 is 0 Å².